The number of hydrogen-bond acceptors (Lipinski definition) is 5. The minimum absolute atomic E-state index is 0.0185. The van der Waals surface area contributed by atoms with Crippen molar-refractivity contribution in [1.82, 2.24) is 0 Å². The summed E-state index contributed by atoms with van der Waals surface area (Å²) in [6.07, 6.45) is -4.65. The summed E-state index contributed by atoms with van der Waals surface area (Å²) in [4.78, 5) is 14.0. The van der Waals surface area contributed by atoms with Crippen LogP contribution >= 0.6 is 11.8 Å². The molecule has 3 N–H and O–H groups in total. The normalized spacial score (nSPS) is 13.3. The van der Waals surface area contributed by atoms with E-state index in [0.717, 1.165) is 28.3 Å². The van der Waals surface area contributed by atoms with E-state index in [1.165, 1.54) is 26.1 Å². The maximum atomic E-state index is 13.9. The van der Waals surface area contributed by atoms with Crippen LogP contribution in [0.4, 0.5) is 18.9 Å². The monoisotopic (exact) mass is 490 g/mol. The molecule has 0 aliphatic rings. The van der Waals surface area contributed by atoms with Crippen LogP contribution in [0.25, 0.3) is 0 Å². The van der Waals surface area contributed by atoms with E-state index in [2.05, 4.69) is 0 Å². The smallest absolute Gasteiger partial charge is 0.417 e. The van der Waals surface area contributed by atoms with E-state index in [9.17, 15) is 23.1 Å². The summed E-state index contributed by atoms with van der Waals surface area (Å²) >= 11 is 0.948. The first-order valence-corrected chi connectivity index (χ1v) is 11.2. The molecule has 0 saturated carbocycles. The van der Waals surface area contributed by atoms with Crippen molar-refractivity contribution >= 4 is 23.4 Å². The minimum Gasteiger partial charge on any atom is -0.489 e. The Morgan fingerprint density at radius 2 is 1.76 bits per heavy atom. The van der Waals surface area contributed by atoms with Crippen LogP contribution < -0.4 is 15.4 Å². The summed E-state index contributed by atoms with van der Waals surface area (Å²) in [5.41, 5.74) is 4.25. The number of benzene rings is 3. The lowest BCUT2D eigenvalue weighted by Crippen LogP contribution is -2.55. The zero-order valence-corrected chi connectivity index (χ0v) is 19.5. The van der Waals surface area contributed by atoms with E-state index in [1.807, 2.05) is 30.3 Å². The van der Waals surface area contributed by atoms with Crippen LogP contribution in [0.3, 0.4) is 0 Å². The van der Waals surface area contributed by atoms with Gasteiger partial charge in [0, 0.05) is 22.5 Å². The molecule has 5 nitrogen and oxygen atoms in total. The van der Waals surface area contributed by atoms with Gasteiger partial charge in [-0.2, -0.15) is 13.2 Å². The fraction of sp³-hybridized carbons (Fsp3) is 0.240. The van der Waals surface area contributed by atoms with E-state index in [0.29, 0.717) is 17.3 Å². The average Bonchev–Trinajstić information content (AvgIpc) is 2.82. The number of halogens is 3. The number of aliphatic hydroxyl groups excluding tert-OH is 1. The first kappa shape index (κ1) is 25.6. The SMILES string of the molecule is CN(C(=O)[C@@](C)(N)CO)c1ccc(Sc2cccc(OCc3ccccc3)c2)c(C(F)(F)F)c1. The molecule has 1 atom stereocenters. The molecule has 3 aromatic carbocycles. The molecule has 0 aliphatic heterocycles. The summed E-state index contributed by atoms with van der Waals surface area (Å²) in [7, 11) is 1.32. The molecule has 0 bridgehead atoms. The fourth-order valence-corrected chi connectivity index (χ4v) is 4.10. The van der Waals surface area contributed by atoms with Gasteiger partial charge in [0.15, 0.2) is 0 Å². The molecule has 0 fully saturated rings. The van der Waals surface area contributed by atoms with Gasteiger partial charge in [-0.25, -0.2) is 0 Å². The Balaban J connectivity index is 1.84. The molecule has 0 spiro atoms. The topological polar surface area (TPSA) is 75.8 Å². The van der Waals surface area contributed by atoms with Crippen LogP contribution in [-0.2, 0) is 17.6 Å². The largest absolute Gasteiger partial charge is 0.489 e. The molecule has 0 aromatic heterocycles. The number of aliphatic hydroxyl groups is 1. The van der Waals surface area contributed by atoms with Gasteiger partial charge < -0.3 is 20.5 Å². The van der Waals surface area contributed by atoms with Gasteiger partial charge in [0.05, 0.1) is 12.2 Å². The molecule has 3 aromatic rings. The van der Waals surface area contributed by atoms with Crippen molar-refractivity contribution in [3.63, 3.8) is 0 Å². The Labute approximate surface area is 200 Å². The first-order chi connectivity index (χ1) is 16.0. The Morgan fingerprint density at radius 3 is 2.41 bits per heavy atom. The molecule has 34 heavy (non-hydrogen) atoms. The number of nitrogens with zero attached hydrogens (tertiary/aromatic N) is 1. The Kier molecular flexibility index (Phi) is 7.91. The second kappa shape index (κ2) is 10.5. The van der Waals surface area contributed by atoms with Gasteiger partial charge in [0.2, 0.25) is 5.91 Å². The van der Waals surface area contributed by atoms with Crippen LogP contribution in [0.1, 0.15) is 18.1 Å². The van der Waals surface area contributed by atoms with Crippen molar-refractivity contribution < 1.29 is 27.8 Å². The molecule has 9 heteroatoms. The molecule has 0 saturated heterocycles. The first-order valence-electron chi connectivity index (χ1n) is 10.3. The number of ether oxygens (including phenoxy) is 1. The molecule has 0 heterocycles. The molecule has 3 rings (SSSR count). The van der Waals surface area contributed by atoms with E-state index in [1.54, 1.807) is 24.3 Å². The summed E-state index contributed by atoms with van der Waals surface area (Å²) < 4.78 is 47.4. The molecular formula is C25H25F3N2O3S. The van der Waals surface area contributed by atoms with E-state index in [4.69, 9.17) is 10.5 Å². The number of rotatable bonds is 8. The van der Waals surface area contributed by atoms with Gasteiger partial charge in [0.25, 0.3) is 0 Å². The lowest BCUT2D eigenvalue weighted by Gasteiger charge is -2.28. The molecular weight excluding hydrogens is 465 g/mol. The van der Waals surface area contributed by atoms with Crippen LogP contribution in [0.15, 0.2) is 82.6 Å². The molecule has 0 aliphatic carbocycles. The maximum absolute atomic E-state index is 13.9. The van der Waals surface area contributed by atoms with Crippen molar-refractivity contribution in [2.45, 2.75) is 35.0 Å². The van der Waals surface area contributed by atoms with E-state index < -0.39 is 29.8 Å². The fourth-order valence-electron chi connectivity index (χ4n) is 3.10. The number of nitrogens with two attached hydrogens (primary N) is 1. The number of alkyl halides is 3. The zero-order chi connectivity index (χ0) is 24.9. The standard InChI is InChI=1S/C25H25F3N2O3S/c1-24(29,16-31)23(32)30(2)18-11-12-22(21(13-18)25(26,27)28)34-20-10-6-9-19(14-20)33-15-17-7-4-3-5-8-17/h3-14,31H,15-16,29H2,1-2H3/t24-/m0/s1. The highest BCUT2D eigenvalue weighted by molar-refractivity contribution is 7.99. The predicted molar refractivity (Wildman–Crippen MR) is 126 cm³/mol. The molecule has 0 unspecified atom stereocenters. The number of anilines is 1. The second-order valence-corrected chi connectivity index (χ2v) is 9.08. The highest BCUT2D eigenvalue weighted by Crippen LogP contribution is 2.42. The average molecular weight is 491 g/mol. The summed E-state index contributed by atoms with van der Waals surface area (Å²) in [5.74, 6) is -0.164. The molecule has 1 amide bonds. The van der Waals surface area contributed by atoms with Crippen LogP contribution in [-0.4, -0.2) is 30.2 Å². The molecule has 0 radical (unpaired) electrons. The van der Waals surface area contributed by atoms with Crippen LogP contribution in [0, 0.1) is 0 Å². The number of carbonyl (C=O) groups excluding carboxylic acids is 1. The van der Waals surface area contributed by atoms with Gasteiger partial charge in [-0.15, -0.1) is 0 Å². The van der Waals surface area contributed by atoms with Gasteiger partial charge in [-0.05, 0) is 48.9 Å². The Bertz CT molecular complexity index is 1140. The van der Waals surface area contributed by atoms with Crippen molar-refractivity contribution in [2.24, 2.45) is 5.73 Å². The summed E-state index contributed by atoms with van der Waals surface area (Å²) in [6.45, 7) is 1.01. The van der Waals surface area contributed by atoms with Crippen LogP contribution in [0.5, 0.6) is 5.75 Å². The van der Waals surface area contributed by atoms with Gasteiger partial charge in [0.1, 0.15) is 17.9 Å². The highest BCUT2D eigenvalue weighted by Gasteiger charge is 2.36. The Morgan fingerprint density at radius 1 is 1.06 bits per heavy atom. The lowest BCUT2D eigenvalue weighted by molar-refractivity contribution is -0.139. The van der Waals surface area contributed by atoms with Gasteiger partial charge >= 0.3 is 6.18 Å². The summed E-state index contributed by atoms with van der Waals surface area (Å²) in [5, 5.41) is 9.31. The third kappa shape index (κ3) is 6.31. The predicted octanol–water partition coefficient (Wildman–Crippen LogP) is 5.11. The highest BCUT2D eigenvalue weighted by atomic mass is 32.2. The van der Waals surface area contributed by atoms with Crippen LogP contribution in [0.2, 0.25) is 0 Å². The number of hydrogen-bond donors (Lipinski definition) is 2. The second-order valence-electron chi connectivity index (χ2n) is 7.97. The number of carbonyl (C=O) groups is 1. The van der Waals surface area contributed by atoms with Crippen molar-refractivity contribution in [1.29, 1.82) is 0 Å². The van der Waals surface area contributed by atoms with E-state index >= 15 is 0 Å². The summed E-state index contributed by atoms with van der Waals surface area (Å²) in [6, 6.07) is 20.0. The lowest BCUT2D eigenvalue weighted by atomic mass is 10.0. The Hall–Kier alpha value is -3.01. The maximum Gasteiger partial charge on any atom is 0.417 e. The number of likely N-dealkylation sites (N-methyl/N-ethyl adjacent to an activating group) is 1. The van der Waals surface area contributed by atoms with Gasteiger partial charge in [-0.3, -0.25) is 4.79 Å². The molecule has 180 valence electrons. The van der Waals surface area contributed by atoms with Crippen molar-refractivity contribution in [2.75, 3.05) is 18.6 Å². The third-order valence-electron chi connectivity index (χ3n) is 5.06. The van der Waals surface area contributed by atoms with Gasteiger partial charge in [-0.1, -0.05) is 48.2 Å². The number of amides is 1. The van der Waals surface area contributed by atoms with Crippen molar-refractivity contribution in [3.05, 3.63) is 83.9 Å². The zero-order valence-electron chi connectivity index (χ0n) is 18.7. The third-order valence-corrected chi connectivity index (χ3v) is 6.12. The minimum atomic E-state index is -4.65. The van der Waals surface area contributed by atoms with E-state index in [-0.39, 0.29) is 10.6 Å². The quantitative estimate of drug-likeness (QED) is 0.459. The van der Waals surface area contributed by atoms with Crippen molar-refractivity contribution in [3.8, 4) is 5.75 Å².